The molecule has 2 heterocycles. The molecule has 0 aliphatic carbocycles. The largest absolute Gasteiger partial charge is 0.494 e. The summed E-state index contributed by atoms with van der Waals surface area (Å²) in [6.45, 7) is 4.49. The zero-order valence-electron chi connectivity index (χ0n) is 14.2. The van der Waals surface area contributed by atoms with Gasteiger partial charge < -0.3 is 10.1 Å². The Hall–Kier alpha value is -2.73. The molecule has 1 amide bonds. The summed E-state index contributed by atoms with van der Waals surface area (Å²) >= 11 is 1.54. The first kappa shape index (κ1) is 17.1. The summed E-state index contributed by atoms with van der Waals surface area (Å²) < 4.78 is 5.40. The van der Waals surface area contributed by atoms with Crippen LogP contribution in [0.1, 0.15) is 17.5 Å². The second-order valence-electron chi connectivity index (χ2n) is 5.45. The summed E-state index contributed by atoms with van der Waals surface area (Å²) in [5.41, 5.74) is 2.66. The van der Waals surface area contributed by atoms with Gasteiger partial charge in [-0.3, -0.25) is 9.78 Å². The highest BCUT2D eigenvalue weighted by atomic mass is 32.1. The molecule has 25 heavy (non-hydrogen) atoms. The molecule has 0 bridgehead atoms. The van der Waals surface area contributed by atoms with Gasteiger partial charge in [-0.15, -0.1) is 11.3 Å². The highest BCUT2D eigenvalue weighted by Gasteiger charge is 2.13. The lowest BCUT2D eigenvalue weighted by Crippen LogP contribution is -2.14. The Morgan fingerprint density at radius 3 is 2.56 bits per heavy atom. The number of carbonyl (C=O) groups is 1. The standard InChI is InChI=1S/C19H19N3O2S/c1-3-24-16-6-4-15(5-7-16)22-18(23)12-17-13(2)21-19(25-17)14-8-10-20-11-9-14/h4-11H,3,12H2,1-2H3,(H,22,23). The Morgan fingerprint density at radius 1 is 1.16 bits per heavy atom. The number of amides is 1. The molecule has 0 atom stereocenters. The van der Waals surface area contributed by atoms with Gasteiger partial charge in [-0.2, -0.15) is 0 Å². The molecule has 1 N–H and O–H groups in total. The quantitative estimate of drug-likeness (QED) is 0.725. The average molecular weight is 353 g/mol. The Balaban J connectivity index is 1.66. The lowest BCUT2D eigenvalue weighted by atomic mass is 10.2. The maximum atomic E-state index is 12.3. The van der Waals surface area contributed by atoms with E-state index in [1.165, 1.54) is 0 Å². The summed E-state index contributed by atoms with van der Waals surface area (Å²) in [5.74, 6) is 0.734. The van der Waals surface area contributed by atoms with Gasteiger partial charge in [0.15, 0.2) is 0 Å². The number of anilines is 1. The van der Waals surface area contributed by atoms with Crippen LogP contribution in [0.3, 0.4) is 0 Å². The molecule has 2 aromatic heterocycles. The minimum Gasteiger partial charge on any atom is -0.494 e. The van der Waals surface area contributed by atoms with Gasteiger partial charge in [0.25, 0.3) is 0 Å². The fourth-order valence-electron chi connectivity index (χ4n) is 2.36. The minimum atomic E-state index is -0.0582. The molecule has 0 saturated carbocycles. The van der Waals surface area contributed by atoms with E-state index in [-0.39, 0.29) is 5.91 Å². The van der Waals surface area contributed by atoms with Crippen LogP contribution in [0, 0.1) is 6.92 Å². The number of hydrogen-bond donors (Lipinski definition) is 1. The van der Waals surface area contributed by atoms with Crippen LogP contribution < -0.4 is 10.1 Å². The summed E-state index contributed by atoms with van der Waals surface area (Å²) in [6, 6.07) is 11.2. The van der Waals surface area contributed by atoms with Gasteiger partial charge in [-0.1, -0.05) is 0 Å². The third-order valence-corrected chi connectivity index (χ3v) is 4.80. The van der Waals surface area contributed by atoms with E-state index in [0.29, 0.717) is 13.0 Å². The molecule has 0 unspecified atom stereocenters. The van der Waals surface area contributed by atoms with Crippen molar-refractivity contribution >= 4 is 22.9 Å². The van der Waals surface area contributed by atoms with Crippen LogP contribution in [0.5, 0.6) is 5.75 Å². The van der Waals surface area contributed by atoms with Crippen molar-refractivity contribution in [3.05, 3.63) is 59.4 Å². The summed E-state index contributed by atoms with van der Waals surface area (Å²) in [6.07, 6.45) is 3.79. The highest BCUT2D eigenvalue weighted by Crippen LogP contribution is 2.28. The number of pyridine rings is 1. The number of carbonyl (C=O) groups excluding carboxylic acids is 1. The Kier molecular flexibility index (Phi) is 5.40. The number of hydrogen-bond acceptors (Lipinski definition) is 5. The topological polar surface area (TPSA) is 64.1 Å². The predicted octanol–water partition coefficient (Wildman–Crippen LogP) is 4.09. The second-order valence-corrected chi connectivity index (χ2v) is 6.53. The zero-order valence-corrected chi connectivity index (χ0v) is 15.0. The summed E-state index contributed by atoms with van der Waals surface area (Å²) in [5, 5.41) is 3.82. The Morgan fingerprint density at radius 2 is 1.88 bits per heavy atom. The molecular formula is C19H19N3O2S. The molecule has 3 rings (SSSR count). The number of aryl methyl sites for hydroxylation is 1. The van der Waals surface area contributed by atoms with Crippen LogP contribution >= 0.6 is 11.3 Å². The molecule has 5 nitrogen and oxygen atoms in total. The molecule has 1 aromatic carbocycles. The summed E-state index contributed by atoms with van der Waals surface area (Å²) in [4.78, 5) is 21.9. The molecule has 0 aliphatic rings. The molecule has 0 radical (unpaired) electrons. The number of thiazole rings is 1. The lowest BCUT2D eigenvalue weighted by Gasteiger charge is -2.06. The fraction of sp³-hybridized carbons (Fsp3) is 0.211. The highest BCUT2D eigenvalue weighted by molar-refractivity contribution is 7.15. The number of aromatic nitrogens is 2. The first-order chi connectivity index (χ1) is 12.2. The van der Waals surface area contributed by atoms with Crippen molar-refractivity contribution in [3.8, 4) is 16.3 Å². The maximum Gasteiger partial charge on any atom is 0.229 e. The van der Waals surface area contributed by atoms with Crippen LogP contribution in [0.15, 0.2) is 48.8 Å². The maximum absolute atomic E-state index is 12.3. The van der Waals surface area contributed by atoms with Gasteiger partial charge in [-0.25, -0.2) is 4.98 Å². The first-order valence-electron chi connectivity index (χ1n) is 8.05. The van der Waals surface area contributed by atoms with Crippen molar-refractivity contribution < 1.29 is 9.53 Å². The second kappa shape index (κ2) is 7.90. The van der Waals surface area contributed by atoms with Crippen molar-refractivity contribution in [3.63, 3.8) is 0 Å². The number of nitrogens with one attached hydrogen (secondary N) is 1. The minimum absolute atomic E-state index is 0.0582. The van der Waals surface area contributed by atoms with E-state index in [4.69, 9.17) is 4.74 Å². The molecule has 0 spiro atoms. The van der Waals surface area contributed by atoms with E-state index in [1.54, 1.807) is 23.7 Å². The normalized spacial score (nSPS) is 10.5. The average Bonchev–Trinajstić information content (AvgIpc) is 2.98. The van der Waals surface area contributed by atoms with E-state index in [2.05, 4.69) is 15.3 Å². The van der Waals surface area contributed by atoms with Gasteiger partial charge in [0, 0.05) is 28.5 Å². The monoisotopic (exact) mass is 353 g/mol. The van der Waals surface area contributed by atoms with E-state index in [0.717, 1.165) is 32.6 Å². The molecule has 0 fully saturated rings. The third kappa shape index (κ3) is 4.42. The van der Waals surface area contributed by atoms with Crippen LogP contribution in [0.25, 0.3) is 10.6 Å². The van der Waals surface area contributed by atoms with Crippen molar-refractivity contribution in [2.24, 2.45) is 0 Å². The van der Waals surface area contributed by atoms with Crippen molar-refractivity contribution in [2.75, 3.05) is 11.9 Å². The number of ether oxygens (including phenoxy) is 1. The van der Waals surface area contributed by atoms with Crippen molar-refractivity contribution in [1.82, 2.24) is 9.97 Å². The molecular weight excluding hydrogens is 334 g/mol. The van der Waals surface area contributed by atoms with E-state index < -0.39 is 0 Å². The third-order valence-electron chi connectivity index (χ3n) is 3.59. The van der Waals surface area contributed by atoms with E-state index >= 15 is 0 Å². The Bertz CT molecular complexity index is 845. The van der Waals surface area contributed by atoms with Gasteiger partial charge in [-0.05, 0) is 50.2 Å². The molecule has 3 aromatic rings. The van der Waals surface area contributed by atoms with E-state index in [9.17, 15) is 4.79 Å². The van der Waals surface area contributed by atoms with Crippen LogP contribution in [-0.4, -0.2) is 22.5 Å². The van der Waals surface area contributed by atoms with Gasteiger partial charge >= 0.3 is 0 Å². The van der Waals surface area contributed by atoms with Gasteiger partial charge in [0.05, 0.1) is 18.7 Å². The van der Waals surface area contributed by atoms with Crippen LogP contribution in [-0.2, 0) is 11.2 Å². The van der Waals surface area contributed by atoms with Crippen LogP contribution in [0.4, 0.5) is 5.69 Å². The van der Waals surface area contributed by atoms with Crippen LogP contribution in [0.2, 0.25) is 0 Å². The van der Waals surface area contributed by atoms with E-state index in [1.807, 2.05) is 50.2 Å². The first-order valence-corrected chi connectivity index (χ1v) is 8.86. The summed E-state index contributed by atoms with van der Waals surface area (Å²) in [7, 11) is 0. The number of benzene rings is 1. The van der Waals surface area contributed by atoms with Gasteiger partial charge in [0.2, 0.25) is 5.91 Å². The number of nitrogens with zero attached hydrogens (tertiary/aromatic N) is 2. The van der Waals surface area contributed by atoms with Crippen molar-refractivity contribution in [1.29, 1.82) is 0 Å². The molecule has 128 valence electrons. The molecule has 6 heteroatoms. The Labute approximate surface area is 150 Å². The smallest absolute Gasteiger partial charge is 0.229 e. The SMILES string of the molecule is CCOc1ccc(NC(=O)Cc2sc(-c3ccncc3)nc2C)cc1. The molecule has 0 saturated heterocycles. The zero-order chi connectivity index (χ0) is 17.6. The van der Waals surface area contributed by atoms with Gasteiger partial charge in [0.1, 0.15) is 10.8 Å². The fourth-order valence-corrected chi connectivity index (χ4v) is 3.43. The lowest BCUT2D eigenvalue weighted by molar-refractivity contribution is -0.115. The molecule has 0 aliphatic heterocycles. The van der Waals surface area contributed by atoms with Crippen molar-refractivity contribution in [2.45, 2.75) is 20.3 Å². The predicted molar refractivity (Wildman–Crippen MR) is 100 cm³/mol. The number of rotatable bonds is 6.